The van der Waals surface area contributed by atoms with Gasteiger partial charge in [0.25, 0.3) is 0 Å². The number of aromatic nitrogens is 3. The number of Topliss-reactive ketones (excluding diaryl/α,β-unsaturated/α-hetero) is 1. The molecule has 0 radical (unpaired) electrons. The van der Waals surface area contributed by atoms with E-state index < -0.39 is 0 Å². The lowest BCUT2D eigenvalue weighted by Gasteiger charge is -2.01. The molecular formula is C13H21N3O3. The summed E-state index contributed by atoms with van der Waals surface area (Å²) in [7, 11) is 0. The van der Waals surface area contributed by atoms with Crippen LogP contribution in [0.25, 0.3) is 0 Å². The van der Waals surface area contributed by atoms with Crippen LogP contribution in [-0.4, -0.2) is 33.4 Å². The molecule has 0 saturated carbocycles. The van der Waals surface area contributed by atoms with Crippen LogP contribution in [0, 0.1) is 5.92 Å². The second kappa shape index (κ2) is 7.66. The van der Waals surface area contributed by atoms with E-state index in [1.165, 1.54) is 0 Å². The molecule has 1 heterocycles. The minimum Gasteiger partial charge on any atom is -0.466 e. The van der Waals surface area contributed by atoms with Gasteiger partial charge in [0, 0.05) is 25.0 Å². The smallest absolute Gasteiger partial charge is 0.307 e. The number of ketones is 1. The molecule has 1 rings (SSSR count). The first-order valence-corrected chi connectivity index (χ1v) is 6.60. The fourth-order valence-electron chi connectivity index (χ4n) is 1.54. The van der Waals surface area contributed by atoms with Crippen molar-refractivity contribution in [1.82, 2.24) is 15.0 Å². The molecule has 0 saturated heterocycles. The fraction of sp³-hybridized carbons (Fsp3) is 0.692. The molecule has 0 unspecified atom stereocenters. The Balaban J connectivity index is 2.36. The number of hydrogen-bond donors (Lipinski definition) is 0. The summed E-state index contributed by atoms with van der Waals surface area (Å²) >= 11 is 0. The van der Waals surface area contributed by atoms with Gasteiger partial charge in [-0.25, -0.2) is 0 Å². The zero-order chi connectivity index (χ0) is 14.3. The van der Waals surface area contributed by atoms with E-state index in [-0.39, 0.29) is 24.1 Å². The van der Waals surface area contributed by atoms with Gasteiger partial charge in [-0.1, -0.05) is 19.1 Å². The molecule has 0 aliphatic carbocycles. The first-order chi connectivity index (χ1) is 9.02. The minimum absolute atomic E-state index is 0.0545. The van der Waals surface area contributed by atoms with Crippen LogP contribution in [0.15, 0.2) is 6.20 Å². The number of carbonyl (C=O) groups excluding carboxylic acids is 2. The summed E-state index contributed by atoms with van der Waals surface area (Å²) in [5.74, 6) is 0.0365. The molecular weight excluding hydrogens is 246 g/mol. The van der Waals surface area contributed by atoms with E-state index in [4.69, 9.17) is 4.74 Å². The number of carbonyl (C=O) groups is 2. The summed E-state index contributed by atoms with van der Waals surface area (Å²) < 4.78 is 6.43. The largest absolute Gasteiger partial charge is 0.466 e. The first kappa shape index (κ1) is 15.3. The highest BCUT2D eigenvalue weighted by atomic mass is 16.5. The summed E-state index contributed by atoms with van der Waals surface area (Å²) in [6.45, 7) is 6.39. The molecule has 0 spiro atoms. The first-order valence-electron chi connectivity index (χ1n) is 6.60. The molecule has 1 aromatic rings. The summed E-state index contributed by atoms with van der Waals surface area (Å²) in [5.41, 5.74) is 0.776. The van der Waals surface area contributed by atoms with E-state index in [2.05, 4.69) is 10.3 Å². The highest BCUT2D eigenvalue weighted by Crippen LogP contribution is 2.04. The van der Waals surface area contributed by atoms with Crippen molar-refractivity contribution < 1.29 is 14.3 Å². The van der Waals surface area contributed by atoms with Crippen LogP contribution in [0.3, 0.4) is 0 Å². The van der Waals surface area contributed by atoms with Crippen LogP contribution in [0.1, 0.15) is 39.3 Å². The molecule has 0 amide bonds. The number of esters is 1. The Morgan fingerprint density at radius 1 is 1.37 bits per heavy atom. The van der Waals surface area contributed by atoms with Gasteiger partial charge >= 0.3 is 5.97 Å². The van der Waals surface area contributed by atoms with Crippen molar-refractivity contribution in [3.05, 3.63) is 11.9 Å². The zero-order valence-corrected chi connectivity index (χ0v) is 11.8. The van der Waals surface area contributed by atoms with E-state index in [1.807, 2.05) is 13.8 Å². The van der Waals surface area contributed by atoms with E-state index in [0.29, 0.717) is 26.0 Å². The average molecular weight is 267 g/mol. The monoisotopic (exact) mass is 267 g/mol. The molecule has 0 fully saturated rings. The van der Waals surface area contributed by atoms with E-state index in [9.17, 15) is 9.59 Å². The fourth-order valence-corrected chi connectivity index (χ4v) is 1.54. The van der Waals surface area contributed by atoms with Crippen LogP contribution >= 0.6 is 0 Å². The second-order valence-corrected chi connectivity index (χ2v) is 4.65. The second-order valence-electron chi connectivity index (χ2n) is 4.65. The van der Waals surface area contributed by atoms with Crippen LogP contribution in [-0.2, 0) is 27.3 Å². The van der Waals surface area contributed by atoms with Gasteiger partial charge in [-0.05, 0) is 6.92 Å². The minimum atomic E-state index is -0.241. The van der Waals surface area contributed by atoms with E-state index >= 15 is 0 Å². The highest BCUT2D eigenvalue weighted by molar-refractivity contribution is 5.80. The predicted molar refractivity (Wildman–Crippen MR) is 69.4 cm³/mol. The van der Waals surface area contributed by atoms with Crippen molar-refractivity contribution in [2.75, 3.05) is 6.61 Å². The van der Waals surface area contributed by atoms with Crippen LogP contribution in [0.5, 0.6) is 0 Å². The van der Waals surface area contributed by atoms with Gasteiger partial charge < -0.3 is 4.74 Å². The average Bonchev–Trinajstić information content (AvgIpc) is 2.81. The van der Waals surface area contributed by atoms with Gasteiger partial charge in [0.2, 0.25) is 0 Å². The van der Waals surface area contributed by atoms with Gasteiger partial charge in [-0.3, -0.25) is 14.3 Å². The molecule has 19 heavy (non-hydrogen) atoms. The Labute approximate surface area is 113 Å². The maximum Gasteiger partial charge on any atom is 0.307 e. The van der Waals surface area contributed by atoms with Gasteiger partial charge in [0.1, 0.15) is 5.78 Å². The lowest BCUT2D eigenvalue weighted by atomic mass is 10.0. The Hall–Kier alpha value is -1.72. The topological polar surface area (TPSA) is 74.1 Å². The van der Waals surface area contributed by atoms with E-state index in [1.54, 1.807) is 17.8 Å². The van der Waals surface area contributed by atoms with Crippen molar-refractivity contribution in [3.8, 4) is 0 Å². The highest BCUT2D eigenvalue weighted by Gasteiger charge is 2.09. The number of nitrogens with zero attached hydrogens (tertiary/aromatic N) is 3. The summed E-state index contributed by atoms with van der Waals surface area (Å²) in [6, 6.07) is 0. The molecule has 0 aromatic carbocycles. The molecule has 0 atom stereocenters. The van der Waals surface area contributed by atoms with Crippen molar-refractivity contribution in [3.63, 3.8) is 0 Å². The van der Waals surface area contributed by atoms with Crippen LogP contribution < -0.4 is 0 Å². The molecule has 0 aliphatic heterocycles. The standard InChI is InChI=1S/C13H21N3O3/c1-4-19-13(18)7-8-16-9-11(14-15-16)5-6-12(17)10(2)3/h9-10H,4-8H2,1-3H3. The van der Waals surface area contributed by atoms with Crippen molar-refractivity contribution in [2.24, 2.45) is 5.92 Å². The summed E-state index contributed by atoms with van der Waals surface area (Å²) in [6.07, 6.45) is 3.12. The van der Waals surface area contributed by atoms with Crippen LogP contribution in [0.4, 0.5) is 0 Å². The van der Waals surface area contributed by atoms with Gasteiger partial charge in [0.15, 0.2) is 0 Å². The normalized spacial score (nSPS) is 10.7. The summed E-state index contributed by atoms with van der Waals surface area (Å²) in [5, 5.41) is 7.90. The van der Waals surface area contributed by atoms with Crippen molar-refractivity contribution in [1.29, 1.82) is 0 Å². The molecule has 0 aliphatic rings. The Bertz CT molecular complexity index is 427. The zero-order valence-electron chi connectivity index (χ0n) is 11.8. The molecule has 106 valence electrons. The maximum atomic E-state index is 11.5. The Morgan fingerprint density at radius 3 is 2.74 bits per heavy atom. The quantitative estimate of drug-likeness (QED) is 0.665. The SMILES string of the molecule is CCOC(=O)CCn1cc(CCC(=O)C(C)C)nn1. The molecule has 6 nitrogen and oxygen atoms in total. The third-order valence-electron chi connectivity index (χ3n) is 2.71. The summed E-state index contributed by atoms with van der Waals surface area (Å²) in [4.78, 5) is 22.7. The Kier molecular flexibility index (Phi) is 6.18. The van der Waals surface area contributed by atoms with Gasteiger partial charge in [0.05, 0.1) is 25.3 Å². The lowest BCUT2D eigenvalue weighted by molar-refractivity contribution is -0.143. The number of hydrogen-bond acceptors (Lipinski definition) is 5. The predicted octanol–water partition coefficient (Wildman–Crippen LogP) is 1.39. The number of aryl methyl sites for hydroxylation is 2. The van der Waals surface area contributed by atoms with E-state index in [0.717, 1.165) is 5.69 Å². The molecule has 0 bridgehead atoms. The Morgan fingerprint density at radius 2 is 2.11 bits per heavy atom. The third-order valence-corrected chi connectivity index (χ3v) is 2.71. The van der Waals surface area contributed by atoms with Crippen LogP contribution in [0.2, 0.25) is 0 Å². The number of ether oxygens (including phenoxy) is 1. The molecule has 6 heteroatoms. The van der Waals surface area contributed by atoms with Gasteiger partial charge in [-0.15, -0.1) is 5.10 Å². The molecule has 0 N–H and O–H groups in total. The van der Waals surface area contributed by atoms with Crippen molar-refractivity contribution >= 4 is 11.8 Å². The van der Waals surface area contributed by atoms with Gasteiger partial charge in [-0.2, -0.15) is 0 Å². The van der Waals surface area contributed by atoms with Crippen molar-refractivity contribution in [2.45, 2.75) is 46.6 Å². The third kappa shape index (κ3) is 5.63. The number of rotatable bonds is 8. The maximum absolute atomic E-state index is 11.5. The lowest BCUT2D eigenvalue weighted by Crippen LogP contribution is -2.09. The molecule has 1 aromatic heterocycles.